The summed E-state index contributed by atoms with van der Waals surface area (Å²) >= 11 is 7.85. The second kappa shape index (κ2) is 6.36. The highest BCUT2D eigenvalue weighted by Crippen LogP contribution is 2.29. The van der Waals surface area contributed by atoms with Crippen LogP contribution in [-0.2, 0) is 0 Å². The summed E-state index contributed by atoms with van der Waals surface area (Å²) in [6.45, 7) is 4.48. The van der Waals surface area contributed by atoms with Gasteiger partial charge in [0.15, 0.2) is 0 Å². The Morgan fingerprint density at radius 2 is 1.93 bits per heavy atom. The Hall–Kier alpha value is -0.140. The van der Waals surface area contributed by atoms with Crippen molar-refractivity contribution >= 4 is 23.4 Å². The van der Waals surface area contributed by atoms with E-state index in [9.17, 15) is 0 Å². The zero-order valence-electron chi connectivity index (χ0n) is 8.79. The number of hydrogen-bond donors (Lipinski definition) is 0. The number of rotatable bonds is 5. The third-order valence-corrected chi connectivity index (χ3v) is 3.75. The maximum atomic E-state index is 5.84. The minimum Gasteiger partial charge on any atom is -0.154 e. The van der Waals surface area contributed by atoms with Crippen molar-refractivity contribution in [3.63, 3.8) is 0 Å². The highest BCUT2D eigenvalue weighted by atomic mass is 35.5. The van der Waals surface area contributed by atoms with Crippen LogP contribution in [0.25, 0.3) is 0 Å². The molecule has 78 valence electrons. The molecule has 1 atom stereocenters. The molecule has 14 heavy (non-hydrogen) atoms. The Morgan fingerprint density at radius 3 is 2.50 bits per heavy atom. The average molecular weight is 229 g/mol. The van der Waals surface area contributed by atoms with Crippen LogP contribution >= 0.6 is 23.4 Å². The van der Waals surface area contributed by atoms with Gasteiger partial charge in [-0.2, -0.15) is 11.8 Å². The summed E-state index contributed by atoms with van der Waals surface area (Å²) in [5.74, 6) is 1.25. The first-order chi connectivity index (χ1) is 6.74. The summed E-state index contributed by atoms with van der Waals surface area (Å²) < 4.78 is 0. The third-order valence-electron chi connectivity index (χ3n) is 2.21. The van der Waals surface area contributed by atoms with Crippen LogP contribution in [0.5, 0.6) is 0 Å². The van der Waals surface area contributed by atoms with Crippen molar-refractivity contribution in [3.8, 4) is 0 Å². The quantitative estimate of drug-likeness (QED) is 0.644. The van der Waals surface area contributed by atoms with Gasteiger partial charge >= 0.3 is 0 Å². The Kier molecular flexibility index (Phi) is 5.42. The summed E-state index contributed by atoms with van der Waals surface area (Å²) in [5.41, 5.74) is 1.37. The molecule has 0 amide bonds. The van der Waals surface area contributed by atoms with Gasteiger partial charge in [0.05, 0.1) is 0 Å². The number of unbranched alkanes of at least 4 members (excludes halogenated alkanes) is 1. The minimum atomic E-state index is 0.582. The largest absolute Gasteiger partial charge is 0.154 e. The molecule has 0 aliphatic carbocycles. The average Bonchev–Trinajstić information content (AvgIpc) is 2.19. The highest BCUT2D eigenvalue weighted by Gasteiger charge is 2.04. The van der Waals surface area contributed by atoms with E-state index in [2.05, 4.69) is 26.0 Å². The molecule has 0 heterocycles. The molecule has 0 saturated heterocycles. The van der Waals surface area contributed by atoms with Gasteiger partial charge in [-0.25, -0.2) is 0 Å². The maximum Gasteiger partial charge on any atom is 0.0406 e. The summed E-state index contributed by atoms with van der Waals surface area (Å²) in [4.78, 5) is 0. The zero-order chi connectivity index (χ0) is 10.4. The summed E-state index contributed by atoms with van der Waals surface area (Å²) in [6, 6.07) is 8.17. The van der Waals surface area contributed by atoms with Gasteiger partial charge in [0, 0.05) is 10.3 Å². The van der Waals surface area contributed by atoms with Crippen molar-refractivity contribution in [1.29, 1.82) is 0 Å². The molecule has 1 unspecified atom stereocenters. The molecule has 0 aliphatic heterocycles. The second-order valence-corrected chi connectivity index (χ2v) is 5.30. The zero-order valence-corrected chi connectivity index (χ0v) is 10.4. The van der Waals surface area contributed by atoms with E-state index >= 15 is 0 Å². The first kappa shape index (κ1) is 11.9. The van der Waals surface area contributed by atoms with Crippen LogP contribution in [0.4, 0.5) is 0 Å². The maximum absolute atomic E-state index is 5.84. The Morgan fingerprint density at radius 1 is 1.29 bits per heavy atom. The van der Waals surface area contributed by atoms with Crippen LogP contribution in [0, 0.1) is 0 Å². The molecular weight excluding hydrogens is 212 g/mol. The van der Waals surface area contributed by atoms with Crippen LogP contribution in [0.1, 0.15) is 37.5 Å². The van der Waals surface area contributed by atoms with E-state index in [1.54, 1.807) is 0 Å². The van der Waals surface area contributed by atoms with Crippen LogP contribution in [0.3, 0.4) is 0 Å². The molecule has 1 aromatic rings. The SMILES string of the molecule is CCCCSC(C)c1ccc(Cl)cc1. The van der Waals surface area contributed by atoms with Crippen molar-refractivity contribution in [3.05, 3.63) is 34.9 Å². The molecule has 0 N–H and O–H groups in total. The predicted molar refractivity (Wildman–Crippen MR) is 67.2 cm³/mol. The van der Waals surface area contributed by atoms with Gasteiger partial charge in [-0.3, -0.25) is 0 Å². The fourth-order valence-electron chi connectivity index (χ4n) is 1.23. The fraction of sp³-hybridized carbons (Fsp3) is 0.500. The van der Waals surface area contributed by atoms with Gasteiger partial charge in [-0.05, 0) is 36.8 Å². The number of hydrogen-bond acceptors (Lipinski definition) is 1. The van der Waals surface area contributed by atoms with Crippen LogP contribution in [0.2, 0.25) is 5.02 Å². The van der Waals surface area contributed by atoms with E-state index in [-0.39, 0.29) is 0 Å². The van der Waals surface area contributed by atoms with Gasteiger partial charge < -0.3 is 0 Å². The van der Waals surface area contributed by atoms with E-state index in [1.807, 2.05) is 23.9 Å². The lowest BCUT2D eigenvalue weighted by molar-refractivity contribution is 0.892. The van der Waals surface area contributed by atoms with E-state index in [1.165, 1.54) is 24.2 Å². The summed E-state index contributed by atoms with van der Waals surface area (Å²) in [5, 5.41) is 1.40. The van der Waals surface area contributed by atoms with Gasteiger partial charge in [-0.15, -0.1) is 0 Å². The molecule has 0 bridgehead atoms. The van der Waals surface area contributed by atoms with Gasteiger partial charge in [-0.1, -0.05) is 37.1 Å². The molecular formula is C12H17ClS. The van der Waals surface area contributed by atoms with Crippen molar-refractivity contribution < 1.29 is 0 Å². The van der Waals surface area contributed by atoms with Crippen molar-refractivity contribution in [1.82, 2.24) is 0 Å². The van der Waals surface area contributed by atoms with Gasteiger partial charge in [0.25, 0.3) is 0 Å². The monoisotopic (exact) mass is 228 g/mol. The van der Waals surface area contributed by atoms with E-state index in [4.69, 9.17) is 11.6 Å². The Balaban J connectivity index is 2.43. The minimum absolute atomic E-state index is 0.582. The van der Waals surface area contributed by atoms with Crippen molar-refractivity contribution in [2.45, 2.75) is 31.9 Å². The first-order valence-electron chi connectivity index (χ1n) is 5.11. The topological polar surface area (TPSA) is 0 Å². The third kappa shape index (κ3) is 3.93. The standard InChI is InChI=1S/C12H17ClS/c1-3-4-9-14-10(2)11-5-7-12(13)8-6-11/h5-8,10H,3-4,9H2,1-2H3. The van der Waals surface area contributed by atoms with Crippen LogP contribution in [0.15, 0.2) is 24.3 Å². The molecule has 0 spiro atoms. The van der Waals surface area contributed by atoms with Gasteiger partial charge in [0.1, 0.15) is 0 Å². The lowest BCUT2D eigenvalue weighted by atomic mass is 10.2. The molecule has 0 radical (unpaired) electrons. The molecule has 0 nitrogen and oxygen atoms in total. The second-order valence-electron chi connectivity index (χ2n) is 3.42. The Labute approximate surface area is 96.0 Å². The number of thioether (sulfide) groups is 1. The lowest BCUT2D eigenvalue weighted by Gasteiger charge is -2.11. The normalized spacial score (nSPS) is 12.8. The molecule has 0 saturated carbocycles. The molecule has 0 fully saturated rings. The molecule has 1 aromatic carbocycles. The van der Waals surface area contributed by atoms with Crippen molar-refractivity contribution in [2.24, 2.45) is 0 Å². The van der Waals surface area contributed by atoms with Gasteiger partial charge in [0.2, 0.25) is 0 Å². The fourth-order valence-corrected chi connectivity index (χ4v) is 2.52. The van der Waals surface area contributed by atoms with Crippen LogP contribution in [-0.4, -0.2) is 5.75 Å². The molecule has 1 rings (SSSR count). The summed E-state index contributed by atoms with van der Waals surface area (Å²) in [6.07, 6.45) is 2.59. The predicted octanol–water partition coefficient (Wildman–Crippen LogP) is 4.93. The highest BCUT2D eigenvalue weighted by molar-refractivity contribution is 7.99. The van der Waals surface area contributed by atoms with Crippen LogP contribution < -0.4 is 0 Å². The smallest absolute Gasteiger partial charge is 0.0406 e. The number of halogens is 1. The lowest BCUT2D eigenvalue weighted by Crippen LogP contribution is -1.89. The van der Waals surface area contributed by atoms with E-state index < -0.39 is 0 Å². The van der Waals surface area contributed by atoms with Crippen molar-refractivity contribution in [2.75, 3.05) is 5.75 Å². The Bertz CT molecular complexity index is 256. The summed E-state index contributed by atoms with van der Waals surface area (Å²) in [7, 11) is 0. The first-order valence-corrected chi connectivity index (χ1v) is 6.53. The molecule has 2 heteroatoms. The van der Waals surface area contributed by atoms with E-state index in [0.29, 0.717) is 5.25 Å². The molecule has 0 aliphatic rings. The number of benzene rings is 1. The molecule has 0 aromatic heterocycles. The van der Waals surface area contributed by atoms with E-state index in [0.717, 1.165) is 5.02 Å².